The monoisotopic (exact) mass is 615 g/mol. The fourth-order valence-corrected chi connectivity index (χ4v) is 7.37. The predicted molar refractivity (Wildman–Crippen MR) is 199 cm³/mol. The molecule has 226 valence electrons. The lowest BCUT2D eigenvalue weighted by molar-refractivity contribution is 0.666. The van der Waals surface area contributed by atoms with Crippen LogP contribution in [0.2, 0.25) is 0 Å². The molecule has 8 aromatic rings. The fourth-order valence-electron chi connectivity index (χ4n) is 7.37. The van der Waals surface area contributed by atoms with Gasteiger partial charge in [0.1, 0.15) is 11.4 Å². The average Bonchev–Trinajstić information content (AvgIpc) is 3.70. The molecule has 1 unspecified atom stereocenters. The van der Waals surface area contributed by atoms with Gasteiger partial charge in [-0.25, -0.2) is 4.99 Å². The predicted octanol–water partition coefficient (Wildman–Crippen LogP) is 10.6. The van der Waals surface area contributed by atoms with Crippen molar-refractivity contribution in [1.82, 2.24) is 9.88 Å². The summed E-state index contributed by atoms with van der Waals surface area (Å²) in [4.78, 5) is 5.18. The summed E-state index contributed by atoms with van der Waals surface area (Å²) < 4.78 is 9.19. The van der Waals surface area contributed by atoms with E-state index in [9.17, 15) is 0 Å². The molecule has 4 heteroatoms. The van der Waals surface area contributed by atoms with Crippen LogP contribution in [0.3, 0.4) is 0 Å². The van der Waals surface area contributed by atoms with Crippen LogP contribution < -0.4 is 5.32 Å². The van der Waals surface area contributed by atoms with Crippen molar-refractivity contribution >= 4 is 55.3 Å². The van der Waals surface area contributed by atoms with Crippen molar-refractivity contribution in [1.29, 1.82) is 0 Å². The molecule has 2 aromatic heterocycles. The number of furan rings is 1. The summed E-state index contributed by atoms with van der Waals surface area (Å²) in [6, 6.07) is 49.4. The number of aromatic nitrogens is 1. The molecular weight excluding hydrogens is 587 g/mol. The summed E-state index contributed by atoms with van der Waals surface area (Å²) in [7, 11) is 0. The van der Waals surface area contributed by atoms with Gasteiger partial charge in [0.05, 0.1) is 28.5 Å². The standard InChI is InChI=1S/C44H29N3O/c1-3-12-28(13-4-1)30-22-24-33-32-16-8-10-20-38(32)47(40(33)26-30)39-21-11-18-35-34-25-23-31(27-41(34)48-43(35)39)44-45-37-19-9-7-17-36(37)42(46-44)29-14-5-2-6-15-29/h1-27,37H,(H,45,46). The first-order valence-corrected chi connectivity index (χ1v) is 16.3. The van der Waals surface area contributed by atoms with Crippen molar-refractivity contribution in [2.75, 3.05) is 0 Å². The van der Waals surface area contributed by atoms with Gasteiger partial charge in [-0.15, -0.1) is 0 Å². The van der Waals surface area contributed by atoms with Crippen LogP contribution in [-0.4, -0.2) is 16.4 Å². The lowest BCUT2D eigenvalue weighted by Crippen LogP contribution is -2.39. The molecule has 0 bridgehead atoms. The first-order valence-electron chi connectivity index (χ1n) is 16.3. The van der Waals surface area contributed by atoms with Gasteiger partial charge >= 0.3 is 0 Å². The summed E-state index contributed by atoms with van der Waals surface area (Å²) in [6.45, 7) is 0. The molecule has 48 heavy (non-hydrogen) atoms. The SMILES string of the molecule is C1=CC2=C(c3ccccc3)N=C(c3ccc4c(c3)oc3c(-n5c6ccccc6c6ccc(-c7ccccc7)cc65)cccc34)NC2C=C1. The Morgan fingerprint density at radius 2 is 1.29 bits per heavy atom. The van der Waals surface area contributed by atoms with Crippen molar-refractivity contribution < 1.29 is 4.42 Å². The van der Waals surface area contributed by atoms with E-state index in [0.29, 0.717) is 0 Å². The Labute approximate surface area is 277 Å². The van der Waals surface area contributed by atoms with Crippen LogP contribution in [0.4, 0.5) is 0 Å². The summed E-state index contributed by atoms with van der Waals surface area (Å²) in [5.41, 5.74) is 11.7. The first kappa shape index (κ1) is 26.8. The van der Waals surface area contributed by atoms with E-state index in [1.807, 2.05) is 6.07 Å². The number of nitrogens with zero attached hydrogens (tertiary/aromatic N) is 2. The van der Waals surface area contributed by atoms with Gasteiger partial charge in [-0.05, 0) is 41.5 Å². The third-order valence-corrected chi connectivity index (χ3v) is 9.64. The topological polar surface area (TPSA) is 42.5 Å². The zero-order valence-corrected chi connectivity index (χ0v) is 26.0. The number of hydrogen-bond donors (Lipinski definition) is 1. The van der Waals surface area contributed by atoms with Gasteiger partial charge in [0, 0.05) is 38.2 Å². The lowest BCUT2D eigenvalue weighted by Gasteiger charge is -2.28. The average molecular weight is 616 g/mol. The molecule has 2 aliphatic rings. The summed E-state index contributed by atoms with van der Waals surface area (Å²) >= 11 is 0. The molecule has 0 amide bonds. The largest absolute Gasteiger partial charge is 0.454 e. The Hall–Kier alpha value is -6.39. The van der Waals surface area contributed by atoms with E-state index in [-0.39, 0.29) is 6.04 Å². The molecule has 1 atom stereocenters. The van der Waals surface area contributed by atoms with Crippen molar-refractivity contribution in [2.45, 2.75) is 6.04 Å². The minimum absolute atomic E-state index is 0.0479. The minimum atomic E-state index is 0.0479. The van der Waals surface area contributed by atoms with E-state index in [2.05, 4.69) is 168 Å². The third-order valence-electron chi connectivity index (χ3n) is 9.64. The van der Waals surface area contributed by atoms with Gasteiger partial charge in [-0.1, -0.05) is 133 Å². The van der Waals surface area contributed by atoms with Gasteiger partial charge in [0.2, 0.25) is 0 Å². The van der Waals surface area contributed by atoms with Crippen LogP contribution in [0.1, 0.15) is 11.1 Å². The molecule has 3 heterocycles. The van der Waals surface area contributed by atoms with Gasteiger partial charge in [0.15, 0.2) is 5.58 Å². The highest BCUT2D eigenvalue weighted by molar-refractivity contribution is 6.14. The zero-order chi connectivity index (χ0) is 31.6. The number of benzene rings is 6. The number of amidine groups is 1. The molecule has 4 nitrogen and oxygen atoms in total. The summed E-state index contributed by atoms with van der Waals surface area (Å²) in [5.74, 6) is 0.834. The van der Waals surface area contributed by atoms with Crippen LogP contribution in [0.25, 0.3) is 66.3 Å². The van der Waals surface area contributed by atoms with Crippen LogP contribution >= 0.6 is 0 Å². The summed E-state index contributed by atoms with van der Waals surface area (Å²) in [6.07, 6.45) is 8.51. The Kier molecular flexibility index (Phi) is 5.90. The molecule has 0 saturated carbocycles. The molecule has 1 aliphatic heterocycles. The molecule has 1 N–H and O–H groups in total. The molecule has 0 radical (unpaired) electrons. The minimum Gasteiger partial charge on any atom is -0.454 e. The van der Waals surface area contributed by atoms with E-state index in [0.717, 1.165) is 61.3 Å². The van der Waals surface area contributed by atoms with Crippen molar-refractivity contribution in [3.8, 4) is 16.8 Å². The van der Waals surface area contributed by atoms with Gasteiger partial charge < -0.3 is 14.3 Å². The summed E-state index contributed by atoms with van der Waals surface area (Å²) in [5, 5.41) is 8.28. The maximum atomic E-state index is 6.83. The van der Waals surface area contributed by atoms with Gasteiger partial charge in [-0.3, -0.25) is 0 Å². The number of fused-ring (bicyclic) bond motifs is 7. The highest BCUT2D eigenvalue weighted by atomic mass is 16.3. The maximum Gasteiger partial charge on any atom is 0.159 e. The number of aliphatic imine (C=N–C) groups is 1. The van der Waals surface area contributed by atoms with Crippen LogP contribution in [0.5, 0.6) is 0 Å². The maximum absolute atomic E-state index is 6.83. The van der Waals surface area contributed by atoms with Gasteiger partial charge in [0.25, 0.3) is 0 Å². The molecule has 0 saturated heterocycles. The normalized spacial score (nSPS) is 15.8. The Morgan fingerprint density at radius 1 is 0.562 bits per heavy atom. The number of rotatable bonds is 4. The fraction of sp³-hybridized carbons (Fsp3) is 0.0227. The van der Waals surface area contributed by atoms with Crippen LogP contribution in [0.15, 0.2) is 179 Å². The van der Waals surface area contributed by atoms with Crippen LogP contribution in [-0.2, 0) is 0 Å². The van der Waals surface area contributed by atoms with E-state index in [1.54, 1.807) is 0 Å². The van der Waals surface area contributed by atoms with Crippen LogP contribution in [0, 0.1) is 0 Å². The van der Waals surface area contributed by atoms with Gasteiger partial charge in [-0.2, -0.15) is 0 Å². The lowest BCUT2D eigenvalue weighted by atomic mass is 9.94. The Morgan fingerprint density at radius 3 is 2.17 bits per heavy atom. The highest BCUT2D eigenvalue weighted by Crippen LogP contribution is 2.40. The highest BCUT2D eigenvalue weighted by Gasteiger charge is 2.25. The van der Waals surface area contributed by atoms with E-state index >= 15 is 0 Å². The van der Waals surface area contributed by atoms with Crippen molar-refractivity contribution in [3.63, 3.8) is 0 Å². The second-order valence-corrected chi connectivity index (χ2v) is 12.4. The third kappa shape index (κ3) is 4.13. The number of nitrogens with one attached hydrogen (secondary N) is 1. The quantitative estimate of drug-likeness (QED) is 0.214. The van der Waals surface area contributed by atoms with Crippen molar-refractivity contribution in [2.24, 2.45) is 4.99 Å². The number of allylic oxidation sites excluding steroid dienone is 2. The van der Waals surface area contributed by atoms with E-state index < -0.39 is 0 Å². The van der Waals surface area contributed by atoms with E-state index in [4.69, 9.17) is 9.41 Å². The molecule has 0 spiro atoms. The second-order valence-electron chi connectivity index (χ2n) is 12.4. The number of hydrogen-bond acceptors (Lipinski definition) is 3. The molecule has 10 rings (SSSR count). The molecule has 1 aliphatic carbocycles. The molecular formula is C44H29N3O. The Bertz CT molecular complexity index is 2690. The van der Waals surface area contributed by atoms with Crippen molar-refractivity contribution in [3.05, 3.63) is 181 Å². The second kappa shape index (κ2) is 10.6. The molecule has 6 aromatic carbocycles. The zero-order valence-electron chi connectivity index (χ0n) is 26.0. The molecule has 0 fully saturated rings. The van der Waals surface area contributed by atoms with E-state index in [1.165, 1.54) is 27.5 Å². The number of para-hydroxylation sites is 2. The smallest absolute Gasteiger partial charge is 0.159 e. The Balaban J connectivity index is 1.15. The first-order chi connectivity index (χ1) is 23.8.